The molecule has 1 saturated heterocycles. The third kappa shape index (κ3) is 3.08. The van der Waals surface area contributed by atoms with E-state index in [9.17, 15) is 5.11 Å². The molecule has 0 radical (unpaired) electrons. The number of hydrogen-bond acceptors (Lipinski definition) is 6. The number of thiazole rings is 1. The Hall–Kier alpha value is -1.24. The van der Waals surface area contributed by atoms with Crippen LogP contribution in [-0.2, 0) is 13.0 Å². The van der Waals surface area contributed by atoms with Gasteiger partial charge in [0.1, 0.15) is 5.76 Å². The lowest BCUT2D eigenvalue weighted by Gasteiger charge is -2.13. The predicted octanol–water partition coefficient (Wildman–Crippen LogP) is 1.78. The van der Waals surface area contributed by atoms with E-state index in [0.717, 1.165) is 41.7 Å². The Labute approximate surface area is 122 Å². The van der Waals surface area contributed by atoms with Crippen LogP contribution in [0.4, 0.5) is 0 Å². The SMILES string of the molecule is Cc1cc(C[C@@H]2CN(Cc3csc(C)n3)C[C@H]2O)on1. The van der Waals surface area contributed by atoms with Gasteiger partial charge in [0.05, 0.1) is 22.5 Å². The maximum atomic E-state index is 10.2. The van der Waals surface area contributed by atoms with Gasteiger partial charge < -0.3 is 9.63 Å². The number of rotatable bonds is 4. The van der Waals surface area contributed by atoms with Gasteiger partial charge in [0.2, 0.25) is 0 Å². The van der Waals surface area contributed by atoms with Crippen molar-refractivity contribution in [2.75, 3.05) is 13.1 Å². The van der Waals surface area contributed by atoms with Crippen molar-refractivity contribution < 1.29 is 9.63 Å². The first-order chi connectivity index (χ1) is 9.60. The lowest BCUT2D eigenvalue weighted by atomic mass is 10.0. The number of likely N-dealkylation sites (tertiary alicyclic amines) is 1. The van der Waals surface area contributed by atoms with Crippen molar-refractivity contribution in [3.63, 3.8) is 0 Å². The van der Waals surface area contributed by atoms with Crippen molar-refractivity contribution in [1.29, 1.82) is 0 Å². The average Bonchev–Trinajstić information content (AvgIpc) is 3.05. The molecule has 0 amide bonds. The monoisotopic (exact) mass is 293 g/mol. The van der Waals surface area contributed by atoms with E-state index in [4.69, 9.17) is 4.52 Å². The van der Waals surface area contributed by atoms with E-state index in [1.807, 2.05) is 19.9 Å². The van der Waals surface area contributed by atoms with Crippen molar-refractivity contribution in [3.05, 3.63) is 33.6 Å². The Bertz CT molecular complexity index is 580. The Balaban J connectivity index is 1.59. The zero-order chi connectivity index (χ0) is 14.1. The fourth-order valence-corrected chi connectivity index (χ4v) is 3.36. The summed E-state index contributed by atoms with van der Waals surface area (Å²) in [6.45, 7) is 6.32. The second-order valence-corrected chi connectivity index (χ2v) is 6.58. The standard InChI is InChI=1S/C14H19N3O2S/c1-9-3-13(19-16-9)4-11-5-17(7-14(11)18)6-12-8-20-10(2)15-12/h3,8,11,14,18H,4-7H2,1-2H3/t11-,14-/m1/s1. The van der Waals surface area contributed by atoms with Gasteiger partial charge in [-0.2, -0.15) is 0 Å². The van der Waals surface area contributed by atoms with Crippen LogP contribution in [0.5, 0.6) is 0 Å². The third-order valence-corrected chi connectivity index (χ3v) is 4.50. The van der Waals surface area contributed by atoms with E-state index >= 15 is 0 Å². The number of hydrogen-bond donors (Lipinski definition) is 1. The summed E-state index contributed by atoms with van der Waals surface area (Å²) in [4.78, 5) is 6.74. The van der Waals surface area contributed by atoms with Crippen molar-refractivity contribution in [2.45, 2.75) is 32.9 Å². The zero-order valence-corrected chi connectivity index (χ0v) is 12.6. The third-order valence-electron chi connectivity index (χ3n) is 3.67. The van der Waals surface area contributed by atoms with Crippen molar-refractivity contribution >= 4 is 11.3 Å². The van der Waals surface area contributed by atoms with Gasteiger partial charge >= 0.3 is 0 Å². The van der Waals surface area contributed by atoms with Gasteiger partial charge in [-0.25, -0.2) is 4.98 Å². The molecule has 6 heteroatoms. The minimum Gasteiger partial charge on any atom is -0.391 e. The highest BCUT2D eigenvalue weighted by Crippen LogP contribution is 2.23. The first-order valence-electron chi connectivity index (χ1n) is 6.84. The zero-order valence-electron chi connectivity index (χ0n) is 11.7. The molecule has 0 aromatic carbocycles. The first-order valence-corrected chi connectivity index (χ1v) is 7.72. The Morgan fingerprint density at radius 2 is 2.30 bits per heavy atom. The molecular formula is C14H19N3O2S. The number of aliphatic hydroxyl groups excluding tert-OH is 1. The second kappa shape index (κ2) is 5.63. The summed E-state index contributed by atoms with van der Waals surface area (Å²) in [5.41, 5.74) is 1.98. The minimum atomic E-state index is -0.305. The Morgan fingerprint density at radius 1 is 1.45 bits per heavy atom. The van der Waals surface area contributed by atoms with Crippen LogP contribution in [0.15, 0.2) is 16.0 Å². The molecule has 2 atom stereocenters. The summed E-state index contributed by atoms with van der Waals surface area (Å²) in [6.07, 6.45) is 0.439. The molecule has 0 spiro atoms. The number of aromatic nitrogens is 2. The van der Waals surface area contributed by atoms with E-state index in [0.29, 0.717) is 6.54 Å². The summed E-state index contributed by atoms with van der Waals surface area (Å²) < 4.78 is 5.24. The highest BCUT2D eigenvalue weighted by molar-refractivity contribution is 7.09. The number of aliphatic hydroxyl groups is 1. The Kier molecular flexibility index (Phi) is 3.87. The van der Waals surface area contributed by atoms with E-state index in [1.165, 1.54) is 0 Å². The molecule has 0 aliphatic carbocycles. The van der Waals surface area contributed by atoms with Crippen molar-refractivity contribution in [3.8, 4) is 0 Å². The van der Waals surface area contributed by atoms with E-state index in [-0.39, 0.29) is 12.0 Å². The van der Waals surface area contributed by atoms with Gasteiger partial charge in [0, 0.05) is 43.4 Å². The molecule has 5 nitrogen and oxygen atoms in total. The highest BCUT2D eigenvalue weighted by atomic mass is 32.1. The number of nitrogens with zero attached hydrogens (tertiary/aromatic N) is 3. The average molecular weight is 293 g/mol. The summed E-state index contributed by atoms with van der Waals surface area (Å²) >= 11 is 1.67. The molecule has 0 unspecified atom stereocenters. The van der Waals surface area contributed by atoms with Gasteiger partial charge in [-0.05, 0) is 13.8 Å². The van der Waals surface area contributed by atoms with Crippen molar-refractivity contribution in [2.24, 2.45) is 5.92 Å². The van der Waals surface area contributed by atoms with E-state index < -0.39 is 0 Å². The molecule has 2 aromatic rings. The molecule has 1 aliphatic heterocycles. The smallest absolute Gasteiger partial charge is 0.137 e. The summed E-state index contributed by atoms with van der Waals surface area (Å²) in [6, 6.07) is 1.94. The maximum Gasteiger partial charge on any atom is 0.137 e. The first kappa shape index (κ1) is 13.7. The minimum absolute atomic E-state index is 0.210. The maximum absolute atomic E-state index is 10.2. The van der Waals surface area contributed by atoms with Crippen LogP contribution < -0.4 is 0 Å². The predicted molar refractivity (Wildman–Crippen MR) is 76.6 cm³/mol. The largest absolute Gasteiger partial charge is 0.391 e. The van der Waals surface area contributed by atoms with Crippen LogP contribution in [0.25, 0.3) is 0 Å². The number of β-amino-alcohol motifs (C(OH)–C–C–N with tert-alkyl or cyclic N) is 1. The quantitative estimate of drug-likeness (QED) is 0.931. The summed E-state index contributed by atoms with van der Waals surface area (Å²) in [7, 11) is 0. The van der Waals surface area contributed by atoms with Gasteiger partial charge in [-0.15, -0.1) is 11.3 Å². The Morgan fingerprint density at radius 3 is 2.95 bits per heavy atom. The number of aryl methyl sites for hydroxylation is 2. The van der Waals surface area contributed by atoms with Gasteiger partial charge in [0.15, 0.2) is 0 Å². The normalized spacial score (nSPS) is 23.6. The molecule has 108 valence electrons. The molecule has 20 heavy (non-hydrogen) atoms. The molecule has 2 aromatic heterocycles. The van der Waals surface area contributed by atoms with E-state index in [1.54, 1.807) is 11.3 Å². The lowest BCUT2D eigenvalue weighted by molar-refractivity contribution is 0.137. The molecule has 3 heterocycles. The van der Waals surface area contributed by atoms with Gasteiger partial charge in [-0.1, -0.05) is 5.16 Å². The van der Waals surface area contributed by atoms with Crippen LogP contribution in [0.2, 0.25) is 0 Å². The van der Waals surface area contributed by atoms with E-state index in [2.05, 4.69) is 20.4 Å². The van der Waals surface area contributed by atoms with Crippen LogP contribution >= 0.6 is 11.3 Å². The molecule has 3 rings (SSSR count). The molecule has 0 saturated carbocycles. The van der Waals surface area contributed by atoms with Crippen LogP contribution in [-0.4, -0.2) is 39.3 Å². The molecule has 1 aliphatic rings. The van der Waals surface area contributed by atoms with Crippen LogP contribution in [0.3, 0.4) is 0 Å². The topological polar surface area (TPSA) is 62.4 Å². The van der Waals surface area contributed by atoms with Crippen LogP contribution in [0.1, 0.15) is 22.2 Å². The molecule has 1 N–H and O–H groups in total. The summed E-state index contributed by atoms with van der Waals surface area (Å²) in [5.74, 6) is 1.07. The molecule has 0 bridgehead atoms. The second-order valence-electron chi connectivity index (χ2n) is 5.52. The highest BCUT2D eigenvalue weighted by Gasteiger charge is 2.32. The molecular weight excluding hydrogens is 274 g/mol. The van der Waals surface area contributed by atoms with Crippen LogP contribution in [0, 0.1) is 19.8 Å². The lowest BCUT2D eigenvalue weighted by Crippen LogP contribution is -2.21. The van der Waals surface area contributed by atoms with Gasteiger partial charge in [-0.3, -0.25) is 4.90 Å². The fraction of sp³-hybridized carbons (Fsp3) is 0.571. The fourth-order valence-electron chi connectivity index (χ4n) is 2.75. The van der Waals surface area contributed by atoms with Crippen molar-refractivity contribution in [1.82, 2.24) is 15.0 Å². The molecule has 1 fully saturated rings. The summed E-state index contributed by atoms with van der Waals surface area (Å²) in [5, 5.41) is 17.3. The van der Waals surface area contributed by atoms with Gasteiger partial charge in [0.25, 0.3) is 0 Å².